The van der Waals surface area contributed by atoms with Gasteiger partial charge in [0.05, 0.1) is 11.7 Å². The fraction of sp³-hybridized carbons (Fsp3) is 0.318. The first-order valence-corrected chi connectivity index (χ1v) is 10.4. The summed E-state index contributed by atoms with van der Waals surface area (Å²) in [6, 6.07) is 6.22. The van der Waals surface area contributed by atoms with Gasteiger partial charge in [-0.25, -0.2) is 9.37 Å². The van der Waals surface area contributed by atoms with E-state index in [1.54, 1.807) is 28.0 Å². The maximum absolute atomic E-state index is 12.3. The predicted molar refractivity (Wildman–Crippen MR) is 118 cm³/mol. The van der Waals surface area contributed by atoms with Gasteiger partial charge in [0.15, 0.2) is 0 Å². The number of rotatable bonds is 6. The summed E-state index contributed by atoms with van der Waals surface area (Å²) in [6.07, 6.45) is 2.70. The number of carbonyl (C=O) groups excluding carboxylic acids is 3. The van der Waals surface area contributed by atoms with Crippen LogP contribution in [-0.2, 0) is 9.59 Å². The Morgan fingerprint density at radius 1 is 1.31 bits per heavy atom. The lowest BCUT2D eigenvalue weighted by molar-refractivity contribution is -0.139. The van der Waals surface area contributed by atoms with Crippen molar-refractivity contribution < 1.29 is 18.8 Å². The van der Waals surface area contributed by atoms with Gasteiger partial charge in [0, 0.05) is 44.9 Å². The van der Waals surface area contributed by atoms with Crippen molar-refractivity contribution in [3.05, 3.63) is 59.5 Å². The third kappa shape index (κ3) is 5.28. The molecule has 8 nitrogen and oxygen atoms in total. The number of aromatic nitrogens is 2. The van der Waals surface area contributed by atoms with Gasteiger partial charge in [-0.3, -0.25) is 19.4 Å². The number of alkyl halides is 1. The molecule has 0 aromatic carbocycles. The highest BCUT2D eigenvalue weighted by Crippen LogP contribution is 2.30. The Morgan fingerprint density at radius 2 is 2.09 bits per heavy atom. The molecule has 2 aromatic heterocycles. The van der Waals surface area contributed by atoms with Gasteiger partial charge in [-0.05, 0) is 35.9 Å². The van der Waals surface area contributed by atoms with Crippen LogP contribution in [0, 0.1) is 0 Å². The highest BCUT2D eigenvalue weighted by atomic mass is 35.5. The van der Waals surface area contributed by atoms with Crippen LogP contribution in [0.3, 0.4) is 0 Å². The van der Waals surface area contributed by atoms with Gasteiger partial charge in [-0.15, -0.1) is 0 Å². The Hall–Kier alpha value is -3.33. The summed E-state index contributed by atoms with van der Waals surface area (Å²) in [7, 11) is 0. The number of nitrogens with zero attached hydrogens (tertiary/aromatic N) is 4. The Kier molecular flexibility index (Phi) is 7.53. The normalized spacial score (nSPS) is 15.9. The van der Waals surface area contributed by atoms with E-state index in [9.17, 15) is 18.8 Å². The zero-order valence-electron chi connectivity index (χ0n) is 17.6. The van der Waals surface area contributed by atoms with Crippen LogP contribution < -0.4 is 5.32 Å². The molecule has 1 saturated heterocycles. The van der Waals surface area contributed by atoms with Gasteiger partial charge >= 0.3 is 0 Å². The molecule has 1 aliphatic heterocycles. The van der Waals surface area contributed by atoms with Crippen LogP contribution in [0.5, 0.6) is 0 Å². The summed E-state index contributed by atoms with van der Waals surface area (Å²) in [5.41, 5.74) is 1.88. The van der Waals surface area contributed by atoms with Gasteiger partial charge in [-0.2, -0.15) is 0 Å². The summed E-state index contributed by atoms with van der Waals surface area (Å²) in [5.74, 6) is -0.831. The van der Waals surface area contributed by atoms with Gasteiger partial charge in [0.25, 0.3) is 5.91 Å². The monoisotopic (exact) mass is 459 g/mol. The quantitative estimate of drug-likeness (QED) is 0.528. The van der Waals surface area contributed by atoms with E-state index in [1.165, 1.54) is 25.3 Å². The molecule has 1 fully saturated rings. The first kappa shape index (κ1) is 23.3. The Balaban J connectivity index is 1.97. The molecule has 1 atom stereocenters. The number of pyridine rings is 2. The smallest absolute Gasteiger partial charge is 0.269 e. The molecule has 0 spiro atoms. The number of amides is 3. The summed E-state index contributed by atoms with van der Waals surface area (Å²) in [5, 5.41) is 2.63. The molecule has 1 N–H and O–H groups in total. The van der Waals surface area contributed by atoms with Crippen LogP contribution in [0.25, 0.3) is 11.3 Å². The maximum atomic E-state index is 12.3. The largest absolute Gasteiger partial charge is 0.348 e. The van der Waals surface area contributed by atoms with E-state index >= 15 is 0 Å². The van der Waals surface area contributed by atoms with Crippen molar-refractivity contribution >= 4 is 29.3 Å². The van der Waals surface area contributed by atoms with Crippen LogP contribution in [-0.4, -0.2) is 70.3 Å². The van der Waals surface area contributed by atoms with Gasteiger partial charge in [0.2, 0.25) is 11.8 Å². The number of halogens is 2. The zero-order chi connectivity index (χ0) is 23.3. The van der Waals surface area contributed by atoms with Gasteiger partial charge < -0.3 is 15.1 Å². The zero-order valence-corrected chi connectivity index (χ0v) is 18.3. The van der Waals surface area contributed by atoms with Crippen molar-refractivity contribution in [1.82, 2.24) is 25.1 Å². The minimum Gasteiger partial charge on any atom is -0.348 e. The second-order valence-corrected chi connectivity index (χ2v) is 7.59. The Labute approximate surface area is 190 Å². The Morgan fingerprint density at radius 3 is 2.78 bits per heavy atom. The van der Waals surface area contributed by atoms with Crippen LogP contribution in [0.15, 0.2) is 43.1 Å². The summed E-state index contributed by atoms with van der Waals surface area (Å²) < 4.78 is 12.3. The van der Waals surface area contributed by atoms with Crippen molar-refractivity contribution in [2.24, 2.45) is 0 Å². The second-order valence-electron chi connectivity index (χ2n) is 7.20. The number of hydrogen-bond donors (Lipinski definition) is 1. The summed E-state index contributed by atoms with van der Waals surface area (Å²) in [6.45, 7) is 5.31. The van der Waals surface area contributed by atoms with E-state index in [1.807, 2.05) is 0 Å². The molecule has 2 aromatic rings. The van der Waals surface area contributed by atoms with Crippen LogP contribution >= 0.6 is 11.6 Å². The molecule has 3 rings (SSSR count). The van der Waals surface area contributed by atoms with E-state index < -0.39 is 18.6 Å². The summed E-state index contributed by atoms with van der Waals surface area (Å²) >= 11 is 6.30. The minimum absolute atomic E-state index is 0.104. The van der Waals surface area contributed by atoms with Gasteiger partial charge in [0.1, 0.15) is 17.5 Å². The molecule has 0 saturated carbocycles. The SMILES string of the molecule is C=CC(=O)N1CCN(C(C)=O)[C@H](c2cc(Cl)nc(-c3ccnc(C(=O)NCCF)c3)c2)C1. The number of nitrogens with one attached hydrogen (secondary N) is 1. The number of piperazine rings is 1. The molecule has 32 heavy (non-hydrogen) atoms. The lowest BCUT2D eigenvalue weighted by atomic mass is 10.0. The number of hydrogen-bond acceptors (Lipinski definition) is 5. The van der Waals surface area contributed by atoms with Crippen molar-refractivity contribution in [3.63, 3.8) is 0 Å². The van der Waals surface area contributed by atoms with E-state index in [4.69, 9.17) is 11.6 Å². The van der Waals surface area contributed by atoms with E-state index in [-0.39, 0.29) is 35.8 Å². The molecule has 0 bridgehead atoms. The topological polar surface area (TPSA) is 95.5 Å². The predicted octanol–water partition coefficient (Wildman–Crippen LogP) is 2.41. The van der Waals surface area contributed by atoms with Crippen LogP contribution in [0.2, 0.25) is 5.15 Å². The van der Waals surface area contributed by atoms with Crippen LogP contribution in [0.1, 0.15) is 29.0 Å². The molecule has 3 heterocycles. The Bertz CT molecular complexity index is 1050. The highest BCUT2D eigenvalue weighted by Gasteiger charge is 2.32. The third-order valence-electron chi connectivity index (χ3n) is 5.14. The van der Waals surface area contributed by atoms with Crippen molar-refractivity contribution in [2.45, 2.75) is 13.0 Å². The van der Waals surface area contributed by atoms with Crippen LogP contribution in [0.4, 0.5) is 4.39 Å². The van der Waals surface area contributed by atoms with E-state index in [2.05, 4.69) is 21.9 Å². The standard InChI is InChI=1S/C22H23ClFN5O3/c1-3-21(31)28-8-9-29(14(2)30)19(13-28)16-11-17(27-20(23)12-16)15-4-6-25-18(10-15)22(32)26-7-5-24/h3-4,6,10-12,19H,1,5,7-9,13H2,2H3,(H,26,32)/t19-/m0/s1. The molecule has 0 radical (unpaired) electrons. The average molecular weight is 460 g/mol. The first-order valence-electron chi connectivity index (χ1n) is 10.0. The molecule has 1 aliphatic rings. The average Bonchev–Trinajstić information content (AvgIpc) is 2.81. The third-order valence-corrected chi connectivity index (χ3v) is 5.33. The lowest BCUT2D eigenvalue weighted by Gasteiger charge is -2.41. The van der Waals surface area contributed by atoms with Crippen molar-refractivity contribution in [1.29, 1.82) is 0 Å². The summed E-state index contributed by atoms with van der Waals surface area (Å²) in [4.78, 5) is 48.2. The second kappa shape index (κ2) is 10.3. The molecule has 0 unspecified atom stereocenters. The molecule has 10 heteroatoms. The maximum Gasteiger partial charge on any atom is 0.269 e. The van der Waals surface area contributed by atoms with E-state index in [0.29, 0.717) is 29.9 Å². The van der Waals surface area contributed by atoms with E-state index in [0.717, 1.165) is 0 Å². The fourth-order valence-electron chi connectivity index (χ4n) is 3.60. The molecule has 168 valence electrons. The molecule has 3 amide bonds. The lowest BCUT2D eigenvalue weighted by Crippen LogP contribution is -2.51. The molecular weight excluding hydrogens is 437 g/mol. The van der Waals surface area contributed by atoms with Gasteiger partial charge in [-0.1, -0.05) is 18.2 Å². The van der Waals surface area contributed by atoms with Crippen molar-refractivity contribution in [3.8, 4) is 11.3 Å². The minimum atomic E-state index is -0.677. The molecular formula is C22H23ClFN5O3. The molecule has 0 aliphatic carbocycles. The fourth-order valence-corrected chi connectivity index (χ4v) is 3.81. The number of carbonyl (C=O) groups is 3. The highest BCUT2D eigenvalue weighted by molar-refractivity contribution is 6.29. The van der Waals surface area contributed by atoms with Crippen molar-refractivity contribution in [2.75, 3.05) is 32.9 Å². The first-order chi connectivity index (χ1) is 15.3.